The Labute approximate surface area is 120 Å². The van der Waals surface area contributed by atoms with E-state index in [0.717, 1.165) is 27.6 Å². The van der Waals surface area contributed by atoms with Crippen molar-refractivity contribution in [3.8, 4) is 16.9 Å². The molecule has 0 saturated heterocycles. The Morgan fingerprint density at radius 2 is 1.75 bits per heavy atom. The van der Waals surface area contributed by atoms with Crippen LogP contribution in [-0.4, -0.2) is 9.78 Å². The van der Waals surface area contributed by atoms with Crippen molar-refractivity contribution in [3.05, 3.63) is 70.5 Å². The number of fused-ring (bicyclic) bond motifs is 3. The molecule has 0 spiro atoms. The van der Waals surface area contributed by atoms with Crippen LogP contribution in [0.25, 0.3) is 16.9 Å². The second-order valence-electron chi connectivity index (χ2n) is 4.74. The number of hydrogen-bond acceptors (Lipinski definition) is 2. The van der Waals surface area contributed by atoms with E-state index in [1.165, 1.54) is 5.56 Å². The molecule has 98 valence electrons. The highest BCUT2D eigenvalue weighted by atomic mass is 32.2. The normalized spacial score (nSPS) is 12.8. The van der Waals surface area contributed by atoms with Gasteiger partial charge in [-0.2, -0.15) is 0 Å². The number of thioether (sulfide) groups is 1. The van der Waals surface area contributed by atoms with E-state index in [4.69, 9.17) is 0 Å². The van der Waals surface area contributed by atoms with Crippen LogP contribution in [0.1, 0.15) is 5.56 Å². The van der Waals surface area contributed by atoms with E-state index in [0.29, 0.717) is 0 Å². The molecule has 4 rings (SSSR count). The molecule has 0 bridgehead atoms. The van der Waals surface area contributed by atoms with Gasteiger partial charge in [0.05, 0.1) is 11.4 Å². The van der Waals surface area contributed by atoms with Gasteiger partial charge in [-0.05, 0) is 17.7 Å². The van der Waals surface area contributed by atoms with Crippen LogP contribution in [0.15, 0.2) is 64.3 Å². The van der Waals surface area contributed by atoms with Crippen molar-refractivity contribution in [3.63, 3.8) is 0 Å². The first kappa shape index (κ1) is 11.6. The maximum atomic E-state index is 12.2. The number of aromatic nitrogens is 2. The molecule has 1 aliphatic rings. The lowest BCUT2D eigenvalue weighted by atomic mass is 10.1. The Morgan fingerprint density at radius 1 is 1.00 bits per heavy atom. The lowest BCUT2D eigenvalue weighted by Crippen LogP contribution is -2.04. The van der Waals surface area contributed by atoms with Gasteiger partial charge in [0.25, 0.3) is 5.56 Å². The first-order valence-electron chi connectivity index (χ1n) is 6.46. The highest BCUT2D eigenvalue weighted by molar-refractivity contribution is 7.98. The summed E-state index contributed by atoms with van der Waals surface area (Å²) < 4.78 is 1.89. The third-order valence-corrected chi connectivity index (χ3v) is 4.64. The summed E-state index contributed by atoms with van der Waals surface area (Å²) in [5.74, 6) is 0.852. The standard InChI is InChI=1S/C16H12N2OS/c19-16-15-14(13-9-5-4-6-11(13)10-20-15)18(17-16)12-7-2-1-3-8-12/h1-9H,10H2,(H,17,19). The second-order valence-corrected chi connectivity index (χ2v) is 5.72. The van der Waals surface area contributed by atoms with E-state index in [9.17, 15) is 4.79 Å². The number of nitrogens with one attached hydrogen (secondary N) is 1. The number of aromatic amines is 1. The molecule has 2 aromatic carbocycles. The third kappa shape index (κ3) is 1.65. The van der Waals surface area contributed by atoms with E-state index in [1.807, 2.05) is 47.1 Å². The number of nitrogens with zero attached hydrogens (tertiary/aromatic N) is 1. The molecule has 0 saturated carbocycles. The van der Waals surface area contributed by atoms with Crippen LogP contribution in [0, 0.1) is 0 Å². The summed E-state index contributed by atoms with van der Waals surface area (Å²) in [6, 6.07) is 18.2. The topological polar surface area (TPSA) is 37.8 Å². The second kappa shape index (κ2) is 4.42. The maximum Gasteiger partial charge on any atom is 0.278 e. The zero-order chi connectivity index (χ0) is 13.5. The summed E-state index contributed by atoms with van der Waals surface area (Å²) in [5.41, 5.74) is 4.36. The predicted octanol–water partition coefficient (Wildman–Crippen LogP) is 3.44. The zero-order valence-corrected chi connectivity index (χ0v) is 11.5. The Balaban J connectivity index is 2.04. The molecule has 2 heterocycles. The van der Waals surface area contributed by atoms with Crippen molar-refractivity contribution < 1.29 is 0 Å². The van der Waals surface area contributed by atoms with Gasteiger partial charge in [0.15, 0.2) is 0 Å². The average molecular weight is 280 g/mol. The van der Waals surface area contributed by atoms with Gasteiger partial charge in [-0.15, -0.1) is 11.8 Å². The van der Waals surface area contributed by atoms with Crippen LogP contribution in [0.4, 0.5) is 0 Å². The number of benzene rings is 2. The van der Waals surface area contributed by atoms with Crippen LogP contribution in [0.2, 0.25) is 0 Å². The predicted molar refractivity (Wildman–Crippen MR) is 81.4 cm³/mol. The van der Waals surface area contributed by atoms with Crippen molar-refractivity contribution in [2.45, 2.75) is 10.6 Å². The molecule has 4 heteroatoms. The van der Waals surface area contributed by atoms with Crippen molar-refractivity contribution in [2.24, 2.45) is 0 Å². The summed E-state index contributed by atoms with van der Waals surface area (Å²) >= 11 is 1.61. The third-order valence-electron chi connectivity index (χ3n) is 3.52. The van der Waals surface area contributed by atoms with Gasteiger partial charge in [0.2, 0.25) is 0 Å². The maximum absolute atomic E-state index is 12.2. The molecular weight excluding hydrogens is 268 g/mol. The summed E-state index contributed by atoms with van der Waals surface area (Å²) in [7, 11) is 0. The van der Waals surface area contributed by atoms with Gasteiger partial charge < -0.3 is 0 Å². The number of rotatable bonds is 1. The highest BCUT2D eigenvalue weighted by Crippen LogP contribution is 2.40. The molecule has 3 nitrogen and oxygen atoms in total. The SMILES string of the molecule is O=c1[nH]n(-c2ccccc2)c2c1SCc1ccccc1-2. The van der Waals surface area contributed by atoms with Crippen LogP contribution >= 0.6 is 11.8 Å². The van der Waals surface area contributed by atoms with Gasteiger partial charge >= 0.3 is 0 Å². The molecule has 1 aliphatic heterocycles. The summed E-state index contributed by atoms with van der Waals surface area (Å²) in [4.78, 5) is 13.0. The lowest BCUT2D eigenvalue weighted by Gasteiger charge is -2.17. The lowest BCUT2D eigenvalue weighted by molar-refractivity contribution is 0.870. The molecule has 0 fully saturated rings. The molecule has 0 amide bonds. The minimum atomic E-state index is -0.0108. The van der Waals surface area contributed by atoms with Crippen molar-refractivity contribution in [2.75, 3.05) is 0 Å². The fraction of sp³-hybridized carbons (Fsp3) is 0.0625. The minimum absolute atomic E-state index is 0.0108. The molecule has 0 atom stereocenters. The smallest absolute Gasteiger partial charge is 0.267 e. The number of H-pyrrole nitrogens is 1. The Hall–Kier alpha value is -2.20. The summed E-state index contributed by atoms with van der Waals surface area (Å²) in [5, 5.41) is 2.95. The van der Waals surface area contributed by atoms with Gasteiger partial charge in [0.1, 0.15) is 4.90 Å². The van der Waals surface area contributed by atoms with Crippen LogP contribution in [0.5, 0.6) is 0 Å². The molecule has 1 aromatic heterocycles. The number of hydrogen-bond donors (Lipinski definition) is 1. The number of para-hydroxylation sites is 1. The molecule has 20 heavy (non-hydrogen) atoms. The van der Waals surface area contributed by atoms with Gasteiger partial charge in [-0.1, -0.05) is 42.5 Å². The quantitative estimate of drug-likeness (QED) is 0.741. The molecule has 1 N–H and O–H groups in total. The average Bonchev–Trinajstić information content (AvgIpc) is 2.86. The van der Waals surface area contributed by atoms with E-state index < -0.39 is 0 Å². The molecule has 0 aliphatic carbocycles. The van der Waals surface area contributed by atoms with Crippen molar-refractivity contribution >= 4 is 11.8 Å². The Bertz CT molecular complexity index is 833. The van der Waals surface area contributed by atoms with E-state index in [1.54, 1.807) is 11.8 Å². The Kier molecular flexibility index (Phi) is 2.57. The summed E-state index contributed by atoms with van der Waals surface area (Å²) in [6.07, 6.45) is 0. The van der Waals surface area contributed by atoms with Crippen LogP contribution in [-0.2, 0) is 5.75 Å². The van der Waals surface area contributed by atoms with Crippen LogP contribution < -0.4 is 5.56 Å². The van der Waals surface area contributed by atoms with Crippen molar-refractivity contribution in [1.29, 1.82) is 0 Å². The largest absolute Gasteiger partial charge is 0.278 e. The zero-order valence-electron chi connectivity index (χ0n) is 10.7. The van der Waals surface area contributed by atoms with Gasteiger partial charge in [-0.25, -0.2) is 0 Å². The molecule has 3 aromatic rings. The van der Waals surface area contributed by atoms with E-state index >= 15 is 0 Å². The fourth-order valence-electron chi connectivity index (χ4n) is 2.59. The van der Waals surface area contributed by atoms with E-state index in [-0.39, 0.29) is 5.56 Å². The monoisotopic (exact) mass is 280 g/mol. The Morgan fingerprint density at radius 3 is 2.60 bits per heavy atom. The fourth-order valence-corrected chi connectivity index (χ4v) is 3.66. The summed E-state index contributed by atoms with van der Waals surface area (Å²) in [6.45, 7) is 0. The molecular formula is C16H12N2OS. The molecule has 0 radical (unpaired) electrons. The first-order valence-corrected chi connectivity index (χ1v) is 7.44. The van der Waals surface area contributed by atoms with E-state index in [2.05, 4.69) is 17.2 Å². The van der Waals surface area contributed by atoms with Gasteiger partial charge in [-0.3, -0.25) is 14.6 Å². The molecule has 0 unspecified atom stereocenters. The van der Waals surface area contributed by atoms with Crippen molar-refractivity contribution in [1.82, 2.24) is 9.78 Å². The minimum Gasteiger partial charge on any atom is -0.267 e. The van der Waals surface area contributed by atoms with Crippen LogP contribution in [0.3, 0.4) is 0 Å². The van der Waals surface area contributed by atoms with Gasteiger partial charge in [0, 0.05) is 11.3 Å². The first-order chi connectivity index (χ1) is 9.84. The highest BCUT2D eigenvalue weighted by Gasteiger charge is 2.24.